The lowest BCUT2D eigenvalue weighted by Gasteiger charge is -2.40. The van der Waals surface area contributed by atoms with E-state index in [2.05, 4.69) is 46.9 Å². The van der Waals surface area contributed by atoms with E-state index in [1.54, 1.807) is 0 Å². The Hall–Kier alpha value is -0.390. The third-order valence-corrected chi connectivity index (χ3v) is 5.07. The van der Waals surface area contributed by atoms with Crippen molar-refractivity contribution in [3.63, 3.8) is 0 Å². The van der Waals surface area contributed by atoms with E-state index in [-0.39, 0.29) is 0 Å². The summed E-state index contributed by atoms with van der Waals surface area (Å²) in [6, 6.07) is 0. The van der Waals surface area contributed by atoms with Crippen molar-refractivity contribution in [2.45, 2.75) is 51.2 Å². The second kappa shape index (κ2) is 6.58. The fourth-order valence-electron chi connectivity index (χ4n) is 3.34. The Kier molecular flexibility index (Phi) is 5.26. The molecule has 1 heterocycles. The minimum atomic E-state index is -0.728. The van der Waals surface area contributed by atoms with Gasteiger partial charge in [0.25, 0.3) is 0 Å². The Labute approximate surface area is 130 Å². The molecule has 0 radical (unpaired) electrons. The monoisotopic (exact) mass is 343 g/mol. The standard InChI is InChI=1S/C15H26BrN3O/c1-4-12-7-5-6-8-15(12,20)14-13(16)11-17-19(14)10-9-18(2)3/h11-12,20H,4-10H2,1-3H3. The molecule has 1 aromatic heterocycles. The van der Waals surface area contributed by atoms with Crippen molar-refractivity contribution in [3.8, 4) is 0 Å². The molecule has 1 aliphatic carbocycles. The Morgan fingerprint density at radius 1 is 1.50 bits per heavy atom. The Balaban J connectivity index is 2.31. The van der Waals surface area contributed by atoms with Crippen LogP contribution in [-0.4, -0.2) is 40.4 Å². The Morgan fingerprint density at radius 2 is 2.25 bits per heavy atom. The maximum atomic E-state index is 11.3. The molecule has 0 bridgehead atoms. The van der Waals surface area contributed by atoms with Gasteiger partial charge in [0, 0.05) is 6.54 Å². The summed E-state index contributed by atoms with van der Waals surface area (Å²) in [5, 5.41) is 15.8. The van der Waals surface area contributed by atoms with Crippen molar-refractivity contribution in [1.82, 2.24) is 14.7 Å². The molecule has 2 rings (SSSR count). The maximum Gasteiger partial charge on any atom is 0.110 e. The zero-order valence-electron chi connectivity index (χ0n) is 12.8. The van der Waals surface area contributed by atoms with E-state index in [9.17, 15) is 5.11 Å². The van der Waals surface area contributed by atoms with E-state index in [4.69, 9.17) is 0 Å². The van der Waals surface area contributed by atoms with Crippen LogP contribution in [0.2, 0.25) is 0 Å². The van der Waals surface area contributed by atoms with E-state index >= 15 is 0 Å². The highest BCUT2D eigenvalue weighted by molar-refractivity contribution is 9.10. The molecule has 5 heteroatoms. The lowest BCUT2D eigenvalue weighted by Crippen LogP contribution is -2.40. The van der Waals surface area contributed by atoms with Crippen LogP contribution in [0.4, 0.5) is 0 Å². The van der Waals surface area contributed by atoms with E-state index in [1.165, 1.54) is 6.42 Å². The topological polar surface area (TPSA) is 41.3 Å². The van der Waals surface area contributed by atoms with Gasteiger partial charge < -0.3 is 10.0 Å². The first kappa shape index (κ1) is 16.0. The van der Waals surface area contributed by atoms with Crippen LogP contribution in [-0.2, 0) is 12.1 Å². The fourth-order valence-corrected chi connectivity index (χ4v) is 3.98. The molecule has 1 aromatic rings. The molecule has 0 spiro atoms. The molecular weight excluding hydrogens is 318 g/mol. The van der Waals surface area contributed by atoms with Gasteiger partial charge in [0.2, 0.25) is 0 Å². The second-order valence-corrected chi connectivity index (χ2v) is 7.00. The average Bonchev–Trinajstić information content (AvgIpc) is 2.78. The summed E-state index contributed by atoms with van der Waals surface area (Å²) in [7, 11) is 4.12. The minimum absolute atomic E-state index is 0.336. The van der Waals surface area contributed by atoms with Gasteiger partial charge in [-0.15, -0.1) is 0 Å². The molecule has 0 aliphatic heterocycles. The number of aliphatic hydroxyl groups is 1. The predicted octanol–water partition coefficient (Wildman–Crippen LogP) is 3.00. The van der Waals surface area contributed by atoms with Gasteiger partial charge in [-0.3, -0.25) is 4.68 Å². The third-order valence-electron chi connectivity index (χ3n) is 4.49. The number of halogens is 1. The SMILES string of the molecule is CCC1CCCCC1(O)c1c(Br)cnn1CCN(C)C. The first-order chi connectivity index (χ1) is 9.49. The van der Waals surface area contributed by atoms with Gasteiger partial charge in [0.1, 0.15) is 5.60 Å². The van der Waals surface area contributed by atoms with Crippen LogP contribution < -0.4 is 0 Å². The minimum Gasteiger partial charge on any atom is -0.383 e. The highest BCUT2D eigenvalue weighted by Gasteiger charge is 2.43. The Bertz CT molecular complexity index is 446. The van der Waals surface area contributed by atoms with E-state index in [0.29, 0.717) is 5.92 Å². The van der Waals surface area contributed by atoms with Crippen molar-refractivity contribution >= 4 is 15.9 Å². The quantitative estimate of drug-likeness (QED) is 0.893. The molecule has 1 fully saturated rings. The van der Waals surface area contributed by atoms with E-state index < -0.39 is 5.60 Å². The van der Waals surface area contributed by atoms with Crippen molar-refractivity contribution < 1.29 is 5.11 Å². The number of hydrogen-bond donors (Lipinski definition) is 1. The highest BCUT2D eigenvalue weighted by atomic mass is 79.9. The van der Waals surface area contributed by atoms with E-state index in [1.807, 2.05) is 10.9 Å². The van der Waals surface area contributed by atoms with Crippen molar-refractivity contribution in [2.75, 3.05) is 20.6 Å². The first-order valence-electron chi connectivity index (χ1n) is 7.58. The van der Waals surface area contributed by atoms with Crippen LogP contribution in [0.3, 0.4) is 0 Å². The van der Waals surface area contributed by atoms with E-state index in [0.717, 1.165) is 48.9 Å². The molecule has 0 aromatic carbocycles. The van der Waals surface area contributed by atoms with Gasteiger partial charge in [-0.25, -0.2) is 0 Å². The summed E-state index contributed by atoms with van der Waals surface area (Å²) < 4.78 is 2.93. The van der Waals surface area contributed by atoms with Gasteiger partial charge in [-0.05, 0) is 48.8 Å². The van der Waals surface area contributed by atoms with Gasteiger partial charge >= 0.3 is 0 Å². The summed E-state index contributed by atoms with van der Waals surface area (Å²) in [6.07, 6.45) is 7.12. The lowest BCUT2D eigenvalue weighted by molar-refractivity contribution is -0.0633. The van der Waals surface area contributed by atoms with Crippen LogP contribution in [0.1, 0.15) is 44.7 Å². The largest absolute Gasteiger partial charge is 0.383 e. The first-order valence-corrected chi connectivity index (χ1v) is 8.37. The molecule has 2 unspecified atom stereocenters. The number of hydrogen-bond acceptors (Lipinski definition) is 3. The normalized spacial score (nSPS) is 27.2. The van der Waals surface area contributed by atoms with Gasteiger partial charge in [0.05, 0.1) is 22.9 Å². The summed E-state index contributed by atoms with van der Waals surface area (Å²) in [5.74, 6) is 0.336. The summed E-state index contributed by atoms with van der Waals surface area (Å²) in [4.78, 5) is 2.14. The number of likely N-dealkylation sites (N-methyl/N-ethyl adjacent to an activating group) is 1. The fraction of sp³-hybridized carbons (Fsp3) is 0.800. The molecule has 1 N–H and O–H groups in total. The van der Waals surface area contributed by atoms with Crippen LogP contribution >= 0.6 is 15.9 Å². The van der Waals surface area contributed by atoms with Crippen LogP contribution in [0.25, 0.3) is 0 Å². The zero-order chi connectivity index (χ0) is 14.8. The van der Waals surface area contributed by atoms with Gasteiger partial charge in [-0.2, -0.15) is 5.10 Å². The van der Waals surface area contributed by atoms with Crippen LogP contribution in [0, 0.1) is 5.92 Å². The summed E-state index contributed by atoms with van der Waals surface area (Å²) in [5.41, 5.74) is 0.250. The summed E-state index contributed by atoms with van der Waals surface area (Å²) >= 11 is 3.59. The van der Waals surface area contributed by atoms with Crippen molar-refractivity contribution in [3.05, 3.63) is 16.4 Å². The molecule has 0 saturated heterocycles. The average molecular weight is 344 g/mol. The zero-order valence-corrected chi connectivity index (χ0v) is 14.4. The number of rotatable bonds is 5. The molecule has 114 valence electrons. The number of nitrogens with zero attached hydrogens (tertiary/aromatic N) is 3. The molecule has 20 heavy (non-hydrogen) atoms. The van der Waals surface area contributed by atoms with Gasteiger partial charge in [-0.1, -0.05) is 26.2 Å². The van der Waals surface area contributed by atoms with Crippen molar-refractivity contribution in [1.29, 1.82) is 0 Å². The Morgan fingerprint density at radius 3 is 2.90 bits per heavy atom. The van der Waals surface area contributed by atoms with Crippen molar-refractivity contribution in [2.24, 2.45) is 5.92 Å². The van der Waals surface area contributed by atoms with Crippen LogP contribution in [0.15, 0.2) is 10.7 Å². The molecule has 1 aliphatic rings. The third kappa shape index (κ3) is 3.10. The van der Waals surface area contributed by atoms with Gasteiger partial charge in [0.15, 0.2) is 0 Å². The smallest absolute Gasteiger partial charge is 0.110 e. The molecule has 0 amide bonds. The summed E-state index contributed by atoms with van der Waals surface area (Å²) in [6.45, 7) is 3.91. The molecule has 2 atom stereocenters. The lowest BCUT2D eigenvalue weighted by atomic mass is 9.72. The number of aromatic nitrogens is 2. The van der Waals surface area contributed by atoms with Crippen LogP contribution in [0.5, 0.6) is 0 Å². The highest BCUT2D eigenvalue weighted by Crippen LogP contribution is 2.45. The maximum absolute atomic E-state index is 11.3. The molecular formula is C15H26BrN3O. The molecule has 1 saturated carbocycles. The second-order valence-electron chi connectivity index (χ2n) is 6.14. The molecule has 4 nitrogen and oxygen atoms in total. The predicted molar refractivity (Wildman–Crippen MR) is 84.6 cm³/mol.